The molecule has 18 heavy (non-hydrogen) atoms. The fourth-order valence-corrected chi connectivity index (χ4v) is 2.15. The fourth-order valence-electron chi connectivity index (χ4n) is 2.15. The van der Waals surface area contributed by atoms with Crippen LogP contribution in [0.4, 0.5) is 8.78 Å². The molecular weight excluding hydrogens is 240 g/mol. The summed E-state index contributed by atoms with van der Waals surface area (Å²) in [5.74, 6) is -0.257. The Morgan fingerprint density at radius 1 is 1.56 bits per heavy atom. The Morgan fingerprint density at radius 3 is 2.61 bits per heavy atom. The topological polar surface area (TPSA) is 38.1 Å². The SMILES string of the molecule is Cn1cc(C(C)(C)C(=O)N2CC[C@H]2C(F)F)cn1. The van der Waals surface area contributed by atoms with Gasteiger partial charge in [-0.25, -0.2) is 8.78 Å². The van der Waals surface area contributed by atoms with Gasteiger partial charge in [-0.3, -0.25) is 9.48 Å². The van der Waals surface area contributed by atoms with Crippen LogP contribution in [-0.2, 0) is 17.3 Å². The van der Waals surface area contributed by atoms with Gasteiger partial charge in [-0.05, 0) is 20.3 Å². The van der Waals surface area contributed by atoms with E-state index in [-0.39, 0.29) is 5.91 Å². The molecule has 2 rings (SSSR count). The van der Waals surface area contributed by atoms with Crippen molar-refractivity contribution in [2.24, 2.45) is 7.05 Å². The summed E-state index contributed by atoms with van der Waals surface area (Å²) in [5, 5.41) is 4.02. The minimum absolute atomic E-state index is 0.257. The van der Waals surface area contributed by atoms with Gasteiger partial charge >= 0.3 is 0 Å². The molecule has 6 heteroatoms. The monoisotopic (exact) mass is 257 g/mol. The van der Waals surface area contributed by atoms with Crippen LogP contribution in [0.25, 0.3) is 0 Å². The molecule has 0 bridgehead atoms. The van der Waals surface area contributed by atoms with Gasteiger partial charge in [0.15, 0.2) is 0 Å². The van der Waals surface area contributed by atoms with Gasteiger partial charge in [0, 0.05) is 25.4 Å². The number of nitrogens with zero attached hydrogens (tertiary/aromatic N) is 3. The predicted octanol–water partition coefficient (Wildman–Crippen LogP) is 1.56. The molecule has 1 fully saturated rings. The zero-order valence-electron chi connectivity index (χ0n) is 10.7. The lowest BCUT2D eigenvalue weighted by Gasteiger charge is -2.44. The molecule has 0 unspecified atom stereocenters. The number of rotatable bonds is 3. The molecule has 0 aromatic carbocycles. The van der Waals surface area contributed by atoms with Crippen LogP contribution in [0.15, 0.2) is 12.4 Å². The van der Waals surface area contributed by atoms with Crippen molar-refractivity contribution in [3.63, 3.8) is 0 Å². The Bertz CT molecular complexity index is 456. The maximum Gasteiger partial charge on any atom is 0.258 e. The van der Waals surface area contributed by atoms with Crippen molar-refractivity contribution in [2.45, 2.75) is 38.2 Å². The van der Waals surface area contributed by atoms with Crippen LogP contribution in [0.3, 0.4) is 0 Å². The molecule has 0 aliphatic carbocycles. The highest BCUT2D eigenvalue weighted by Gasteiger charge is 2.44. The highest BCUT2D eigenvalue weighted by Crippen LogP contribution is 2.32. The molecule has 1 aromatic rings. The minimum Gasteiger partial charge on any atom is -0.333 e. The highest BCUT2D eigenvalue weighted by molar-refractivity contribution is 5.88. The molecule has 1 atom stereocenters. The number of aromatic nitrogens is 2. The summed E-state index contributed by atoms with van der Waals surface area (Å²) >= 11 is 0. The van der Waals surface area contributed by atoms with Crippen LogP contribution in [0.5, 0.6) is 0 Å². The molecule has 100 valence electrons. The maximum absolute atomic E-state index is 12.7. The number of carbonyl (C=O) groups is 1. The van der Waals surface area contributed by atoms with Gasteiger partial charge in [0.2, 0.25) is 5.91 Å². The van der Waals surface area contributed by atoms with Crippen LogP contribution >= 0.6 is 0 Å². The van der Waals surface area contributed by atoms with Crippen LogP contribution in [0.1, 0.15) is 25.8 Å². The number of likely N-dealkylation sites (tertiary alicyclic amines) is 1. The lowest BCUT2D eigenvalue weighted by molar-refractivity contribution is -0.150. The zero-order valence-corrected chi connectivity index (χ0v) is 10.7. The second-order valence-electron chi connectivity index (χ2n) is 5.22. The first-order chi connectivity index (χ1) is 8.34. The number of alkyl halides is 2. The van der Waals surface area contributed by atoms with E-state index in [1.54, 1.807) is 38.0 Å². The van der Waals surface area contributed by atoms with Gasteiger partial charge in [0.25, 0.3) is 6.43 Å². The largest absolute Gasteiger partial charge is 0.333 e. The number of hydrogen-bond acceptors (Lipinski definition) is 2. The van der Waals surface area contributed by atoms with Crippen molar-refractivity contribution in [3.8, 4) is 0 Å². The van der Waals surface area contributed by atoms with Crippen LogP contribution in [0.2, 0.25) is 0 Å². The van der Waals surface area contributed by atoms with Crippen molar-refractivity contribution in [1.82, 2.24) is 14.7 Å². The highest BCUT2D eigenvalue weighted by atomic mass is 19.3. The zero-order chi connectivity index (χ0) is 13.5. The molecule has 1 amide bonds. The van der Waals surface area contributed by atoms with E-state index in [1.807, 2.05) is 0 Å². The van der Waals surface area contributed by atoms with E-state index < -0.39 is 17.9 Å². The molecule has 0 radical (unpaired) electrons. The Balaban J connectivity index is 2.18. The number of amides is 1. The number of hydrogen-bond donors (Lipinski definition) is 0. The predicted molar refractivity (Wildman–Crippen MR) is 62.4 cm³/mol. The van der Waals surface area contributed by atoms with Gasteiger partial charge in [-0.15, -0.1) is 0 Å². The Kier molecular flexibility index (Phi) is 3.12. The Hall–Kier alpha value is -1.46. The lowest BCUT2D eigenvalue weighted by atomic mass is 9.83. The maximum atomic E-state index is 12.7. The van der Waals surface area contributed by atoms with Gasteiger partial charge in [0.05, 0.1) is 17.7 Å². The second kappa shape index (κ2) is 4.33. The Morgan fingerprint density at radius 2 is 2.22 bits per heavy atom. The average Bonchev–Trinajstić information content (AvgIpc) is 2.62. The molecule has 1 aromatic heterocycles. The summed E-state index contributed by atoms with van der Waals surface area (Å²) in [6.07, 6.45) is 1.27. The third kappa shape index (κ3) is 2.00. The minimum atomic E-state index is -2.47. The average molecular weight is 257 g/mol. The number of aryl methyl sites for hydroxylation is 1. The van der Waals surface area contributed by atoms with Crippen molar-refractivity contribution >= 4 is 5.91 Å². The first-order valence-electron chi connectivity index (χ1n) is 5.92. The third-order valence-electron chi connectivity index (χ3n) is 3.58. The summed E-state index contributed by atoms with van der Waals surface area (Å²) in [7, 11) is 1.76. The number of halogens is 2. The van der Waals surface area contributed by atoms with Crippen molar-refractivity contribution < 1.29 is 13.6 Å². The normalized spacial score (nSPS) is 20.1. The summed E-state index contributed by atoms with van der Waals surface area (Å²) in [6.45, 7) is 3.90. The summed E-state index contributed by atoms with van der Waals surface area (Å²) in [5.41, 5.74) is -0.0723. The van der Waals surface area contributed by atoms with E-state index in [0.717, 1.165) is 5.56 Å². The first kappa shape index (κ1) is 13.0. The van der Waals surface area contributed by atoms with Crippen LogP contribution in [-0.4, -0.2) is 39.6 Å². The summed E-state index contributed by atoms with van der Waals surface area (Å²) < 4.78 is 27.0. The van der Waals surface area contributed by atoms with Crippen LogP contribution < -0.4 is 0 Å². The molecule has 1 aliphatic rings. The molecule has 0 spiro atoms. The van der Waals surface area contributed by atoms with Crippen molar-refractivity contribution in [1.29, 1.82) is 0 Å². The van der Waals surface area contributed by atoms with E-state index >= 15 is 0 Å². The van der Waals surface area contributed by atoms with Crippen molar-refractivity contribution in [3.05, 3.63) is 18.0 Å². The standard InChI is InChI=1S/C12H17F2N3O/c1-12(2,8-6-15-16(3)7-8)11(18)17-5-4-9(17)10(13)14/h6-7,9-10H,4-5H2,1-3H3/t9-/m0/s1. The molecule has 1 aliphatic heterocycles. The van der Waals surface area contributed by atoms with E-state index in [2.05, 4.69) is 5.10 Å². The summed E-state index contributed by atoms with van der Waals surface area (Å²) in [4.78, 5) is 13.6. The molecule has 4 nitrogen and oxygen atoms in total. The molecular formula is C12H17F2N3O. The van der Waals surface area contributed by atoms with E-state index in [0.29, 0.717) is 13.0 Å². The smallest absolute Gasteiger partial charge is 0.258 e. The van der Waals surface area contributed by atoms with Gasteiger partial charge in [-0.1, -0.05) is 0 Å². The molecule has 0 saturated carbocycles. The van der Waals surface area contributed by atoms with Gasteiger partial charge in [0.1, 0.15) is 0 Å². The molecule has 2 heterocycles. The Labute approximate surface area is 105 Å². The number of carbonyl (C=O) groups excluding carboxylic acids is 1. The van der Waals surface area contributed by atoms with Crippen molar-refractivity contribution in [2.75, 3.05) is 6.54 Å². The molecule has 1 saturated heterocycles. The molecule has 0 N–H and O–H groups in total. The van der Waals surface area contributed by atoms with E-state index in [4.69, 9.17) is 0 Å². The van der Waals surface area contributed by atoms with Gasteiger partial charge < -0.3 is 4.90 Å². The quantitative estimate of drug-likeness (QED) is 0.824. The van der Waals surface area contributed by atoms with E-state index in [1.165, 1.54) is 4.90 Å². The third-order valence-corrected chi connectivity index (χ3v) is 3.58. The second-order valence-corrected chi connectivity index (χ2v) is 5.22. The lowest BCUT2D eigenvalue weighted by Crippen LogP contribution is -2.58. The first-order valence-corrected chi connectivity index (χ1v) is 5.92. The summed E-state index contributed by atoms with van der Waals surface area (Å²) in [6, 6.07) is -0.923. The fraction of sp³-hybridized carbons (Fsp3) is 0.667. The van der Waals surface area contributed by atoms with Gasteiger partial charge in [-0.2, -0.15) is 5.10 Å². The van der Waals surface area contributed by atoms with Crippen LogP contribution in [0, 0.1) is 0 Å². The van der Waals surface area contributed by atoms with E-state index in [9.17, 15) is 13.6 Å².